The third-order valence-corrected chi connectivity index (χ3v) is 3.91. The van der Waals surface area contributed by atoms with Crippen molar-refractivity contribution in [3.63, 3.8) is 0 Å². The SMILES string of the molecule is CCC(C)(CC)Nc1snc(C)c1C(=O)O. The van der Waals surface area contributed by atoms with Gasteiger partial charge in [0.15, 0.2) is 0 Å². The molecule has 16 heavy (non-hydrogen) atoms. The van der Waals surface area contributed by atoms with Gasteiger partial charge in [0.25, 0.3) is 0 Å². The van der Waals surface area contributed by atoms with Crippen LogP contribution in [0, 0.1) is 6.92 Å². The van der Waals surface area contributed by atoms with E-state index in [4.69, 9.17) is 5.11 Å². The second kappa shape index (κ2) is 4.82. The predicted molar refractivity (Wildman–Crippen MR) is 66.4 cm³/mol. The van der Waals surface area contributed by atoms with Gasteiger partial charge in [-0.05, 0) is 38.2 Å². The second-order valence-corrected chi connectivity index (χ2v) is 4.94. The first-order chi connectivity index (χ1) is 7.43. The van der Waals surface area contributed by atoms with Gasteiger partial charge < -0.3 is 10.4 Å². The quantitative estimate of drug-likeness (QED) is 0.832. The standard InChI is InChI=1S/C11H18N2O2S/c1-5-11(4,6-2)12-9-8(10(14)15)7(3)13-16-9/h12H,5-6H2,1-4H3,(H,14,15). The lowest BCUT2D eigenvalue weighted by atomic mass is 9.95. The van der Waals surface area contributed by atoms with Crippen LogP contribution in [0.5, 0.6) is 0 Å². The Morgan fingerprint density at radius 3 is 2.50 bits per heavy atom. The molecular formula is C11H18N2O2S. The molecule has 5 heteroatoms. The summed E-state index contributed by atoms with van der Waals surface area (Å²) in [6, 6.07) is 0. The van der Waals surface area contributed by atoms with E-state index in [1.165, 1.54) is 11.5 Å². The molecule has 0 aliphatic heterocycles. The molecule has 0 aliphatic carbocycles. The molecule has 90 valence electrons. The highest BCUT2D eigenvalue weighted by Gasteiger charge is 2.25. The number of carbonyl (C=O) groups is 1. The third kappa shape index (κ3) is 2.52. The number of anilines is 1. The summed E-state index contributed by atoms with van der Waals surface area (Å²) in [6.07, 6.45) is 1.89. The van der Waals surface area contributed by atoms with Gasteiger partial charge >= 0.3 is 5.97 Å². The van der Waals surface area contributed by atoms with E-state index < -0.39 is 5.97 Å². The van der Waals surface area contributed by atoms with Crippen LogP contribution in [0.3, 0.4) is 0 Å². The van der Waals surface area contributed by atoms with Crippen LogP contribution in [0.1, 0.15) is 49.7 Å². The van der Waals surface area contributed by atoms with E-state index in [1.54, 1.807) is 6.92 Å². The highest BCUT2D eigenvalue weighted by Crippen LogP contribution is 2.29. The number of hydrogen-bond donors (Lipinski definition) is 2. The molecule has 0 saturated heterocycles. The van der Waals surface area contributed by atoms with Crippen LogP contribution in [0.25, 0.3) is 0 Å². The fourth-order valence-electron chi connectivity index (χ4n) is 1.41. The minimum absolute atomic E-state index is 0.0663. The number of rotatable bonds is 5. The van der Waals surface area contributed by atoms with Crippen molar-refractivity contribution in [2.45, 2.75) is 46.1 Å². The number of carboxylic acids is 1. The first-order valence-corrected chi connectivity index (χ1v) is 6.18. The van der Waals surface area contributed by atoms with Crippen LogP contribution in [-0.4, -0.2) is 21.0 Å². The number of aryl methyl sites for hydroxylation is 1. The molecule has 0 amide bonds. The molecule has 0 fully saturated rings. The molecule has 0 unspecified atom stereocenters. The van der Waals surface area contributed by atoms with E-state index in [-0.39, 0.29) is 5.54 Å². The number of nitrogens with zero attached hydrogens (tertiary/aromatic N) is 1. The zero-order valence-electron chi connectivity index (χ0n) is 10.1. The summed E-state index contributed by atoms with van der Waals surface area (Å²) in [4.78, 5) is 11.1. The molecule has 1 aromatic rings. The van der Waals surface area contributed by atoms with Gasteiger partial charge in [-0.3, -0.25) is 0 Å². The topological polar surface area (TPSA) is 62.2 Å². The molecule has 1 aromatic heterocycles. The minimum atomic E-state index is -0.914. The summed E-state index contributed by atoms with van der Waals surface area (Å²) in [5.41, 5.74) is 0.816. The normalized spacial score (nSPS) is 11.5. The zero-order valence-corrected chi connectivity index (χ0v) is 10.9. The van der Waals surface area contributed by atoms with Gasteiger partial charge in [0.2, 0.25) is 0 Å². The summed E-state index contributed by atoms with van der Waals surface area (Å²) in [7, 11) is 0. The summed E-state index contributed by atoms with van der Waals surface area (Å²) in [5.74, 6) is -0.914. The maximum Gasteiger partial charge on any atom is 0.340 e. The van der Waals surface area contributed by atoms with E-state index in [1.807, 2.05) is 0 Å². The summed E-state index contributed by atoms with van der Waals surface area (Å²) in [6.45, 7) is 7.99. The first-order valence-electron chi connectivity index (χ1n) is 5.41. The molecule has 2 N–H and O–H groups in total. The molecular weight excluding hydrogens is 224 g/mol. The fourth-order valence-corrected chi connectivity index (χ4v) is 2.35. The van der Waals surface area contributed by atoms with Crippen LogP contribution >= 0.6 is 11.5 Å². The Hall–Kier alpha value is -1.10. The minimum Gasteiger partial charge on any atom is -0.478 e. The van der Waals surface area contributed by atoms with Gasteiger partial charge in [0.05, 0.1) is 5.69 Å². The number of aromatic nitrogens is 1. The highest BCUT2D eigenvalue weighted by molar-refractivity contribution is 7.10. The van der Waals surface area contributed by atoms with E-state index in [0.29, 0.717) is 16.3 Å². The lowest BCUT2D eigenvalue weighted by Gasteiger charge is -2.28. The van der Waals surface area contributed by atoms with Gasteiger partial charge in [-0.25, -0.2) is 4.79 Å². The van der Waals surface area contributed by atoms with Gasteiger partial charge in [-0.2, -0.15) is 4.37 Å². The van der Waals surface area contributed by atoms with Crippen LogP contribution in [0.2, 0.25) is 0 Å². The van der Waals surface area contributed by atoms with Crippen LogP contribution < -0.4 is 5.32 Å². The molecule has 0 bridgehead atoms. The number of aromatic carboxylic acids is 1. The molecule has 0 atom stereocenters. The van der Waals surface area contributed by atoms with Gasteiger partial charge in [0.1, 0.15) is 10.6 Å². The molecule has 4 nitrogen and oxygen atoms in total. The Labute approximate surface area is 99.9 Å². The van der Waals surface area contributed by atoms with E-state index in [2.05, 4.69) is 30.5 Å². The van der Waals surface area contributed by atoms with Gasteiger partial charge in [0, 0.05) is 5.54 Å². The average Bonchev–Trinajstić information content (AvgIpc) is 2.59. The number of nitrogens with one attached hydrogen (secondary N) is 1. The molecule has 1 rings (SSSR count). The Balaban J connectivity index is 3.02. The highest BCUT2D eigenvalue weighted by atomic mass is 32.1. The lowest BCUT2D eigenvalue weighted by molar-refractivity contribution is 0.0697. The van der Waals surface area contributed by atoms with Crippen molar-refractivity contribution in [1.82, 2.24) is 4.37 Å². The van der Waals surface area contributed by atoms with Crippen LogP contribution in [0.15, 0.2) is 0 Å². The number of hydrogen-bond acceptors (Lipinski definition) is 4. The first kappa shape index (κ1) is 13.0. The lowest BCUT2D eigenvalue weighted by Crippen LogP contribution is -2.33. The van der Waals surface area contributed by atoms with Crippen LogP contribution in [-0.2, 0) is 0 Å². The Kier molecular flexibility index (Phi) is 3.91. The van der Waals surface area contributed by atoms with Gasteiger partial charge in [-0.1, -0.05) is 13.8 Å². The summed E-state index contributed by atoms with van der Waals surface area (Å²) in [5, 5.41) is 13.1. The Morgan fingerprint density at radius 1 is 1.50 bits per heavy atom. The summed E-state index contributed by atoms with van der Waals surface area (Å²) >= 11 is 1.22. The predicted octanol–water partition coefficient (Wildman–Crippen LogP) is 3.14. The van der Waals surface area contributed by atoms with Crippen molar-refractivity contribution in [2.75, 3.05) is 5.32 Å². The maximum absolute atomic E-state index is 11.1. The number of carboxylic acid groups (broad SMARTS) is 1. The van der Waals surface area contributed by atoms with Crippen LogP contribution in [0.4, 0.5) is 5.00 Å². The van der Waals surface area contributed by atoms with E-state index in [0.717, 1.165) is 12.8 Å². The summed E-state index contributed by atoms with van der Waals surface area (Å²) < 4.78 is 4.09. The smallest absolute Gasteiger partial charge is 0.340 e. The monoisotopic (exact) mass is 242 g/mol. The molecule has 0 radical (unpaired) electrons. The average molecular weight is 242 g/mol. The molecule has 0 aromatic carbocycles. The maximum atomic E-state index is 11.1. The molecule has 0 saturated carbocycles. The second-order valence-electron chi connectivity index (χ2n) is 4.17. The largest absolute Gasteiger partial charge is 0.478 e. The zero-order chi connectivity index (χ0) is 12.3. The Bertz CT molecular complexity index is 383. The van der Waals surface area contributed by atoms with Gasteiger partial charge in [-0.15, -0.1) is 0 Å². The third-order valence-electron chi connectivity index (χ3n) is 3.05. The van der Waals surface area contributed by atoms with Crippen molar-refractivity contribution < 1.29 is 9.90 Å². The van der Waals surface area contributed by atoms with Crippen molar-refractivity contribution in [3.05, 3.63) is 11.3 Å². The van der Waals surface area contributed by atoms with Crippen molar-refractivity contribution >= 4 is 22.5 Å². The van der Waals surface area contributed by atoms with E-state index in [9.17, 15) is 4.79 Å². The Morgan fingerprint density at radius 2 is 2.06 bits per heavy atom. The van der Waals surface area contributed by atoms with E-state index >= 15 is 0 Å². The molecule has 0 spiro atoms. The van der Waals surface area contributed by atoms with Crippen molar-refractivity contribution in [2.24, 2.45) is 0 Å². The van der Waals surface area contributed by atoms with Crippen molar-refractivity contribution in [3.8, 4) is 0 Å². The van der Waals surface area contributed by atoms with Crippen molar-refractivity contribution in [1.29, 1.82) is 0 Å². The molecule has 1 heterocycles. The fraction of sp³-hybridized carbons (Fsp3) is 0.636. The molecule has 0 aliphatic rings.